The van der Waals surface area contributed by atoms with Crippen LogP contribution in [0.2, 0.25) is 0 Å². The van der Waals surface area contributed by atoms with Crippen LogP contribution in [0.4, 0.5) is 0 Å². The summed E-state index contributed by atoms with van der Waals surface area (Å²) in [6, 6.07) is 7.67. The molecule has 1 fully saturated rings. The molecule has 7 nitrogen and oxygen atoms in total. The zero-order valence-corrected chi connectivity index (χ0v) is 15.6. The first-order valence-corrected chi connectivity index (χ1v) is 9.06. The van der Waals surface area contributed by atoms with E-state index in [0.717, 1.165) is 44.2 Å². The minimum absolute atomic E-state index is 0.0112. The van der Waals surface area contributed by atoms with E-state index in [1.807, 2.05) is 31.2 Å². The fourth-order valence-electron chi connectivity index (χ4n) is 2.82. The lowest BCUT2D eigenvalue weighted by atomic mass is 9.97. The number of benzene rings is 1. The first-order valence-electron chi connectivity index (χ1n) is 9.06. The summed E-state index contributed by atoms with van der Waals surface area (Å²) in [6.45, 7) is 6.67. The molecular weight excluding hydrogens is 334 g/mol. The molecule has 2 N–H and O–H groups in total. The summed E-state index contributed by atoms with van der Waals surface area (Å²) in [5.41, 5.74) is 1.07. The maximum Gasteiger partial charge on any atom is 0.239 e. The van der Waals surface area contributed by atoms with Crippen LogP contribution in [0.25, 0.3) is 0 Å². The highest BCUT2D eigenvalue weighted by molar-refractivity contribution is 5.84. The summed E-state index contributed by atoms with van der Waals surface area (Å²) in [6.07, 6.45) is 0.341. The molecule has 1 heterocycles. The van der Waals surface area contributed by atoms with E-state index in [2.05, 4.69) is 15.5 Å². The van der Waals surface area contributed by atoms with Gasteiger partial charge in [-0.05, 0) is 23.6 Å². The Kier molecular flexibility index (Phi) is 8.37. The van der Waals surface area contributed by atoms with Gasteiger partial charge in [-0.1, -0.05) is 19.1 Å². The Labute approximate surface area is 155 Å². The summed E-state index contributed by atoms with van der Waals surface area (Å²) >= 11 is 0. The van der Waals surface area contributed by atoms with Crippen LogP contribution in [0.1, 0.15) is 24.8 Å². The number of ether oxygens (including phenoxy) is 2. The van der Waals surface area contributed by atoms with Gasteiger partial charge in [0.15, 0.2) is 0 Å². The van der Waals surface area contributed by atoms with Crippen molar-refractivity contribution in [2.75, 3.05) is 53.0 Å². The highest BCUT2D eigenvalue weighted by atomic mass is 16.5. The average molecular weight is 363 g/mol. The molecule has 144 valence electrons. The number of rotatable bonds is 9. The first kappa shape index (κ1) is 20.2. The third-order valence-electron chi connectivity index (χ3n) is 4.48. The van der Waals surface area contributed by atoms with Crippen molar-refractivity contribution in [3.8, 4) is 5.75 Å². The molecule has 0 bridgehead atoms. The van der Waals surface area contributed by atoms with Crippen LogP contribution in [-0.2, 0) is 14.3 Å². The van der Waals surface area contributed by atoms with Crippen molar-refractivity contribution < 1.29 is 19.1 Å². The second-order valence-corrected chi connectivity index (χ2v) is 6.46. The number of carbonyl (C=O) groups excluding carboxylic acids is 2. The number of nitrogens with one attached hydrogen (secondary N) is 2. The molecule has 1 aromatic carbocycles. The molecule has 1 atom stereocenters. The standard InChI is InChI=1S/C19H29N3O4/c1-15(16-3-5-17(25-2)6-4-16)13-18(23)21-14-19(24)20-7-8-22-9-11-26-12-10-22/h3-6,15H,7-14H2,1-2H3,(H,20,24)(H,21,23). The van der Waals surface area contributed by atoms with Crippen LogP contribution in [-0.4, -0.2) is 69.8 Å². The molecule has 26 heavy (non-hydrogen) atoms. The highest BCUT2D eigenvalue weighted by Gasteiger charge is 2.13. The summed E-state index contributed by atoms with van der Waals surface area (Å²) in [7, 11) is 1.62. The van der Waals surface area contributed by atoms with Crippen molar-refractivity contribution in [1.82, 2.24) is 15.5 Å². The van der Waals surface area contributed by atoms with Gasteiger partial charge in [0.2, 0.25) is 11.8 Å². The van der Waals surface area contributed by atoms with Crippen LogP contribution in [0, 0.1) is 0 Å². The fourth-order valence-corrected chi connectivity index (χ4v) is 2.82. The Morgan fingerprint density at radius 2 is 1.85 bits per heavy atom. The minimum Gasteiger partial charge on any atom is -0.497 e. The molecule has 0 aromatic heterocycles. The van der Waals surface area contributed by atoms with Crippen molar-refractivity contribution in [1.29, 1.82) is 0 Å². The Bertz CT molecular complexity index is 571. The van der Waals surface area contributed by atoms with Gasteiger partial charge < -0.3 is 20.1 Å². The maximum absolute atomic E-state index is 12.0. The Balaban J connectivity index is 1.61. The van der Waals surface area contributed by atoms with E-state index in [0.29, 0.717) is 13.0 Å². The molecule has 0 aliphatic carbocycles. The Hall–Kier alpha value is -2.12. The molecule has 1 aliphatic rings. The van der Waals surface area contributed by atoms with Crippen molar-refractivity contribution in [3.63, 3.8) is 0 Å². The molecule has 1 aromatic rings. The minimum atomic E-state index is -0.163. The molecule has 0 spiro atoms. The zero-order chi connectivity index (χ0) is 18.8. The molecule has 2 amide bonds. The molecular formula is C19H29N3O4. The van der Waals surface area contributed by atoms with E-state index < -0.39 is 0 Å². The Morgan fingerprint density at radius 3 is 2.50 bits per heavy atom. The van der Waals surface area contributed by atoms with Gasteiger partial charge in [0, 0.05) is 32.6 Å². The van der Waals surface area contributed by atoms with E-state index in [1.165, 1.54) is 0 Å². The third-order valence-corrected chi connectivity index (χ3v) is 4.48. The van der Waals surface area contributed by atoms with Crippen molar-refractivity contribution in [3.05, 3.63) is 29.8 Å². The lowest BCUT2D eigenvalue weighted by Crippen LogP contribution is -2.43. The largest absolute Gasteiger partial charge is 0.497 e. The van der Waals surface area contributed by atoms with Crippen LogP contribution in [0.15, 0.2) is 24.3 Å². The number of morpholine rings is 1. The van der Waals surface area contributed by atoms with E-state index in [1.54, 1.807) is 7.11 Å². The topological polar surface area (TPSA) is 79.9 Å². The van der Waals surface area contributed by atoms with Gasteiger partial charge in [0.05, 0.1) is 26.9 Å². The lowest BCUT2D eigenvalue weighted by molar-refractivity contribution is -0.126. The second-order valence-electron chi connectivity index (χ2n) is 6.46. The smallest absolute Gasteiger partial charge is 0.239 e. The van der Waals surface area contributed by atoms with Gasteiger partial charge in [-0.2, -0.15) is 0 Å². The molecule has 0 saturated carbocycles. The van der Waals surface area contributed by atoms with Gasteiger partial charge in [0.1, 0.15) is 5.75 Å². The summed E-state index contributed by atoms with van der Waals surface area (Å²) < 4.78 is 10.4. The second kappa shape index (κ2) is 10.8. The van der Waals surface area contributed by atoms with E-state index in [-0.39, 0.29) is 24.3 Å². The summed E-state index contributed by atoms with van der Waals surface area (Å²) in [5.74, 6) is 0.574. The van der Waals surface area contributed by atoms with Crippen LogP contribution >= 0.6 is 0 Å². The molecule has 1 saturated heterocycles. The lowest BCUT2D eigenvalue weighted by Gasteiger charge is -2.26. The van der Waals surface area contributed by atoms with Crippen LogP contribution in [0.5, 0.6) is 5.75 Å². The summed E-state index contributed by atoms with van der Waals surface area (Å²) in [4.78, 5) is 26.1. The third kappa shape index (κ3) is 7.01. The van der Waals surface area contributed by atoms with Crippen molar-refractivity contribution in [2.45, 2.75) is 19.3 Å². The zero-order valence-electron chi connectivity index (χ0n) is 15.6. The molecule has 1 aliphatic heterocycles. The van der Waals surface area contributed by atoms with Crippen molar-refractivity contribution in [2.24, 2.45) is 0 Å². The van der Waals surface area contributed by atoms with E-state index >= 15 is 0 Å². The number of methoxy groups -OCH3 is 1. The van der Waals surface area contributed by atoms with Gasteiger partial charge in [-0.15, -0.1) is 0 Å². The van der Waals surface area contributed by atoms with Crippen LogP contribution < -0.4 is 15.4 Å². The number of hydrogen-bond acceptors (Lipinski definition) is 5. The van der Waals surface area contributed by atoms with Gasteiger partial charge >= 0.3 is 0 Å². The van der Waals surface area contributed by atoms with E-state index in [4.69, 9.17) is 9.47 Å². The average Bonchev–Trinajstić information content (AvgIpc) is 2.67. The highest BCUT2D eigenvalue weighted by Crippen LogP contribution is 2.21. The monoisotopic (exact) mass is 363 g/mol. The van der Waals surface area contributed by atoms with Gasteiger partial charge in [-0.3, -0.25) is 14.5 Å². The number of hydrogen-bond donors (Lipinski definition) is 2. The van der Waals surface area contributed by atoms with E-state index in [9.17, 15) is 9.59 Å². The molecule has 7 heteroatoms. The van der Waals surface area contributed by atoms with Crippen LogP contribution in [0.3, 0.4) is 0 Å². The van der Waals surface area contributed by atoms with Crippen molar-refractivity contribution >= 4 is 11.8 Å². The number of carbonyl (C=O) groups is 2. The first-order chi connectivity index (χ1) is 12.6. The fraction of sp³-hybridized carbons (Fsp3) is 0.579. The van der Waals surface area contributed by atoms with Gasteiger partial charge in [0.25, 0.3) is 0 Å². The van der Waals surface area contributed by atoms with Gasteiger partial charge in [-0.25, -0.2) is 0 Å². The normalized spacial score (nSPS) is 15.9. The molecule has 1 unspecified atom stereocenters. The molecule has 2 rings (SSSR count). The quantitative estimate of drug-likeness (QED) is 0.677. The Morgan fingerprint density at radius 1 is 1.15 bits per heavy atom. The number of nitrogens with zero attached hydrogens (tertiary/aromatic N) is 1. The SMILES string of the molecule is COc1ccc(C(C)CC(=O)NCC(=O)NCCN2CCOCC2)cc1. The predicted octanol–water partition coefficient (Wildman–Crippen LogP) is 0.753. The molecule has 0 radical (unpaired) electrons. The summed E-state index contributed by atoms with van der Waals surface area (Å²) in [5, 5.41) is 5.52. The maximum atomic E-state index is 12.0. The number of amides is 2. The predicted molar refractivity (Wildman–Crippen MR) is 99.3 cm³/mol.